The molecule has 0 radical (unpaired) electrons. The lowest BCUT2D eigenvalue weighted by molar-refractivity contribution is -0.136. The highest BCUT2D eigenvalue weighted by molar-refractivity contribution is 6.35. The molecule has 4 aromatic rings. The molecule has 1 heterocycles. The van der Waals surface area contributed by atoms with Crippen molar-refractivity contribution in [2.75, 3.05) is 13.2 Å². The molecule has 4 rings (SSSR count). The maximum Gasteiger partial charge on any atom is 0.307 e. The summed E-state index contributed by atoms with van der Waals surface area (Å²) < 4.78 is 11.2. The number of carbonyl (C=O) groups is 2. The molecule has 1 aromatic heterocycles. The summed E-state index contributed by atoms with van der Waals surface area (Å²) in [6.45, 7) is 0.298. The first-order valence-electron chi connectivity index (χ1n) is 10.7. The summed E-state index contributed by atoms with van der Waals surface area (Å²) in [7, 11) is 0. The Balaban J connectivity index is 1.61. The Kier molecular flexibility index (Phi) is 8.15. The van der Waals surface area contributed by atoms with E-state index in [1.807, 2.05) is 0 Å². The molecule has 36 heavy (non-hydrogen) atoms. The summed E-state index contributed by atoms with van der Waals surface area (Å²) in [5.74, 6) is -0.801. The second-order valence-electron chi connectivity index (χ2n) is 7.67. The largest absolute Gasteiger partial charge is 0.490 e. The number of nitrogens with zero attached hydrogens (tertiary/aromatic N) is 1. The molecule has 0 fully saturated rings. The Morgan fingerprint density at radius 1 is 0.972 bits per heavy atom. The first kappa shape index (κ1) is 25.6. The highest BCUT2D eigenvalue weighted by Crippen LogP contribution is 2.36. The molecule has 0 bridgehead atoms. The Morgan fingerprint density at radius 2 is 1.78 bits per heavy atom. The Labute approximate surface area is 221 Å². The van der Waals surface area contributed by atoms with Crippen LogP contribution in [0.25, 0.3) is 22.6 Å². The first-order chi connectivity index (χ1) is 17.3. The molecule has 7 nitrogen and oxygen atoms in total. The van der Waals surface area contributed by atoms with Crippen LogP contribution < -0.4 is 10.1 Å². The van der Waals surface area contributed by atoms with Crippen molar-refractivity contribution in [1.29, 1.82) is 0 Å². The molecule has 1 amide bonds. The van der Waals surface area contributed by atoms with Gasteiger partial charge >= 0.3 is 5.97 Å². The fraction of sp³-hybridized carbons (Fsp3) is 0.115. The van der Waals surface area contributed by atoms with Gasteiger partial charge in [-0.15, -0.1) is 0 Å². The second-order valence-corrected chi connectivity index (χ2v) is 8.92. The highest BCUT2D eigenvalue weighted by atomic mass is 35.5. The van der Waals surface area contributed by atoms with Gasteiger partial charge in [-0.05, 0) is 42.0 Å². The van der Waals surface area contributed by atoms with Crippen LogP contribution in [0.1, 0.15) is 15.9 Å². The number of carboxylic acid groups (broad SMARTS) is 1. The summed E-state index contributed by atoms with van der Waals surface area (Å²) >= 11 is 18.4. The number of benzene rings is 3. The fourth-order valence-electron chi connectivity index (χ4n) is 3.54. The normalized spacial score (nSPS) is 10.8. The SMILES string of the molecule is O=C(O)Cc1cccc(-c2noc(-c3ccccc3Cl)c2C(=O)NCCOc2ccc(Cl)cc2Cl)c1. The molecule has 0 aliphatic rings. The number of carbonyl (C=O) groups excluding carboxylic acids is 1. The molecule has 0 unspecified atom stereocenters. The van der Waals surface area contributed by atoms with E-state index in [0.29, 0.717) is 37.5 Å². The maximum absolute atomic E-state index is 13.3. The van der Waals surface area contributed by atoms with Crippen molar-refractivity contribution in [2.45, 2.75) is 6.42 Å². The topological polar surface area (TPSA) is 102 Å². The number of aliphatic carboxylic acids is 1. The number of aromatic nitrogens is 1. The molecular formula is C26H19Cl3N2O5. The predicted octanol–water partition coefficient (Wildman–Crippen LogP) is 6.40. The van der Waals surface area contributed by atoms with Crippen LogP contribution in [0.2, 0.25) is 15.1 Å². The van der Waals surface area contributed by atoms with Crippen LogP contribution in [0.3, 0.4) is 0 Å². The van der Waals surface area contributed by atoms with Gasteiger partial charge in [0, 0.05) is 16.1 Å². The van der Waals surface area contributed by atoms with Gasteiger partial charge in [-0.1, -0.05) is 70.3 Å². The van der Waals surface area contributed by atoms with Crippen LogP contribution >= 0.6 is 34.8 Å². The average molecular weight is 546 g/mol. The highest BCUT2D eigenvalue weighted by Gasteiger charge is 2.26. The lowest BCUT2D eigenvalue weighted by Gasteiger charge is -2.10. The quantitative estimate of drug-likeness (QED) is 0.236. The van der Waals surface area contributed by atoms with Gasteiger partial charge < -0.3 is 19.7 Å². The second kappa shape index (κ2) is 11.5. The zero-order valence-electron chi connectivity index (χ0n) is 18.6. The van der Waals surface area contributed by atoms with Gasteiger partial charge in [-0.25, -0.2) is 0 Å². The van der Waals surface area contributed by atoms with Gasteiger partial charge in [0.05, 0.1) is 23.0 Å². The van der Waals surface area contributed by atoms with Crippen molar-refractivity contribution in [2.24, 2.45) is 0 Å². The van der Waals surface area contributed by atoms with Crippen LogP contribution in [0, 0.1) is 0 Å². The Bertz CT molecular complexity index is 1420. The number of hydrogen-bond acceptors (Lipinski definition) is 5. The molecule has 0 saturated carbocycles. The van der Waals surface area contributed by atoms with E-state index in [1.54, 1.807) is 66.7 Å². The molecule has 0 saturated heterocycles. The van der Waals surface area contributed by atoms with E-state index in [0.717, 1.165) is 0 Å². The maximum atomic E-state index is 13.3. The van der Waals surface area contributed by atoms with Crippen molar-refractivity contribution in [1.82, 2.24) is 10.5 Å². The number of rotatable bonds is 9. The molecule has 0 spiro atoms. The van der Waals surface area contributed by atoms with E-state index >= 15 is 0 Å². The van der Waals surface area contributed by atoms with Gasteiger partial charge in [0.25, 0.3) is 5.91 Å². The lowest BCUT2D eigenvalue weighted by Crippen LogP contribution is -2.28. The van der Waals surface area contributed by atoms with Gasteiger partial charge in [0.15, 0.2) is 5.76 Å². The number of carboxylic acids is 1. The Morgan fingerprint density at radius 3 is 2.53 bits per heavy atom. The van der Waals surface area contributed by atoms with Crippen LogP contribution in [0.4, 0.5) is 0 Å². The van der Waals surface area contributed by atoms with Crippen LogP contribution in [-0.4, -0.2) is 35.3 Å². The third-order valence-electron chi connectivity index (χ3n) is 5.13. The molecule has 10 heteroatoms. The number of ether oxygens (including phenoxy) is 1. The van der Waals surface area contributed by atoms with E-state index in [9.17, 15) is 9.59 Å². The van der Waals surface area contributed by atoms with Crippen molar-refractivity contribution < 1.29 is 24.0 Å². The number of nitrogens with one attached hydrogen (secondary N) is 1. The van der Waals surface area contributed by atoms with Crippen LogP contribution in [0.5, 0.6) is 5.75 Å². The average Bonchev–Trinajstić information content (AvgIpc) is 3.28. The molecule has 184 valence electrons. The summed E-state index contributed by atoms with van der Waals surface area (Å²) in [4.78, 5) is 24.5. The molecule has 2 N–H and O–H groups in total. The first-order valence-corrected chi connectivity index (χ1v) is 11.9. The predicted molar refractivity (Wildman–Crippen MR) is 138 cm³/mol. The fourth-order valence-corrected chi connectivity index (χ4v) is 4.22. The molecule has 0 atom stereocenters. The van der Waals surface area contributed by atoms with E-state index < -0.39 is 11.9 Å². The minimum absolute atomic E-state index is 0.142. The van der Waals surface area contributed by atoms with Crippen molar-refractivity contribution in [3.05, 3.63) is 92.9 Å². The third-order valence-corrected chi connectivity index (χ3v) is 5.99. The molecule has 0 aliphatic heterocycles. The zero-order valence-corrected chi connectivity index (χ0v) is 20.9. The van der Waals surface area contributed by atoms with E-state index in [4.69, 9.17) is 49.2 Å². The Hall–Kier alpha value is -3.52. The summed E-state index contributed by atoms with van der Waals surface area (Å²) in [5, 5.41) is 17.3. The van der Waals surface area contributed by atoms with Crippen molar-refractivity contribution in [3.63, 3.8) is 0 Å². The molecule has 3 aromatic carbocycles. The van der Waals surface area contributed by atoms with Crippen LogP contribution in [0.15, 0.2) is 71.3 Å². The summed E-state index contributed by atoms with van der Waals surface area (Å²) in [6.07, 6.45) is -0.171. The van der Waals surface area contributed by atoms with Gasteiger partial charge in [0.1, 0.15) is 23.6 Å². The summed E-state index contributed by atoms with van der Waals surface area (Å²) in [5.41, 5.74) is 2.01. The van der Waals surface area contributed by atoms with Gasteiger partial charge in [-0.2, -0.15) is 0 Å². The molecular weight excluding hydrogens is 527 g/mol. The van der Waals surface area contributed by atoms with Crippen molar-refractivity contribution in [3.8, 4) is 28.3 Å². The third kappa shape index (κ3) is 5.99. The standard InChI is InChI=1S/C26H19Cl3N2O5/c27-17-8-9-21(20(29)14-17)35-11-10-30-26(34)23-24(16-5-3-4-15(12-16)13-22(32)33)31-36-25(23)18-6-1-2-7-19(18)28/h1-9,12,14H,10-11,13H2,(H,30,34)(H,32,33). The monoisotopic (exact) mass is 544 g/mol. The molecule has 0 aliphatic carbocycles. The van der Waals surface area contributed by atoms with Gasteiger partial charge in [-0.3, -0.25) is 9.59 Å². The minimum Gasteiger partial charge on any atom is -0.490 e. The number of amides is 1. The van der Waals surface area contributed by atoms with Crippen LogP contribution in [-0.2, 0) is 11.2 Å². The van der Waals surface area contributed by atoms with Crippen molar-refractivity contribution >= 4 is 46.7 Å². The summed E-state index contributed by atoms with van der Waals surface area (Å²) in [6, 6.07) is 18.5. The van der Waals surface area contributed by atoms with E-state index in [2.05, 4.69) is 10.5 Å². The van der Waals surface area contributed by atoms with E-state index in [1.165, 1.54) is 0 Å². The smallest absolute Gasteiger partial charge is 0.307 e. The van der Waals surface area contributed by atoms with Gasteiger partial charge in [0.2, 0.25) is 0 Å². The number of halogens is 3. The van der Waals surface area contributed by atoms with E-state index in [-0.39, 0.29) is 36.6 Å². The zero-order chi connectivity index (χ0) is 25.7. The number of hydrogen-bond donors (Lipinski definition) is 2. The lowest BCUT2D eigenvalue weighted by atomic mass is 9.99. The minimum atomic E-state index is -0.970.